The van der Waals surface area contributed by atoms with Gasteiger partial charge in [-0.05, 0) is 0 Å². The van der Waals surface area contributed by atoms with E-state index in [9.17, 15) is 9.59 Å². The maximum atomic E-state index is 12.8. The van der Waals surface area contributed by atoms with Crippen LogP contribution in [0.15, 0.2) is 12.7 Å². The molecular formula is C22H38N2O9. The van der Waals surface area contributed by atoms with Gasteiger partial charge in [-0.25, -0.2) is 0 Å². The Bertz CT molecular complexity index is 544. The zero-order valence-corrected chi connectivity index (χ0v) is 19.5. The minimum absolute atomic E-state index is 0.114. The molecule has 3 aliphatic heterocycles. The van der Waals surface area contributed by atoms with Crippen LogP contribution in [0, 0.1) is 0 Å². The van der Waals surface area contributed by atoms with Crippen molar-refractivity contribution < 1.29 is 42.7 Å². The lowest BCUT2D eigenvalue weighted by Crippen LogP contribution is -2.42. The summed E-state index contributed by atoms with van der Waals surface area (Å²) in [5.74, 6) is -0.363. The minimum Gasteiger partial charge on any atom is -0.377 e. The molecule has 11 nitrogen and oxygen atoms in total. The molecule has 0 aromatic rings. The van der Waals surface area contributed by atoms with Gasteiger partial charge in [0.25, 0.3) is 0 Å². The monoisotopic (exact) mass is 474 g/mol. The van der Waals surface area contributed by atoms with Gasteiger partial charge in [0, 0.05) is 26.2 Å². The van der Waals surface area contributed by atoms with Crippen LogP contribution in [0.4, 0.5) is 0 Å². The van der Waals surface area contributed by atoms with Crippen LogP contribution in [0.3, 0.4) is 0 Å². The highest BCUT2D eigenvalue weighted by Gasteiger charge is 2.20. The van der Waals surface area contributed by atoms with E-state index in [1.807, 2.05) is 0 Å². The predicted molar refractivity (Wildman–Crippen MR) is 118 cm³/mol. The van der Waals surface area contributed by atoms with E-state index in [1.165, 1.54) is 0 Å². The minimum atomic E-state index is -0.506. The zero-order chi connectivity index (χ0) is 23.6. The molecule has 0 aromatic heterocycles. The summed E-state index contributed by atoms with van der Waals surface area (Å²) < 4.78 is 39.3. The molecule has 11 heteroatoms. The van der Waals surface area contributed by atoms with E-state index in [-0.39, 0.29) is 38.2 Å². The van der Waals surface area contributed by atoms with Gasteiger partial charge in [-0.3, -0.25) is 9.59 Å². The molecule has 3 heterocycles. The number of rotatable bonds is 4. The molecule has 0 N–H and O–H groups in total. The van der Waals surface area contributed by atoms with Gasteiger partial charge < -0.3 is 43.0 Å². The van der Waals surface area contributed by atoms with Crippen molar-refractivity contribution in [2.45, 2.75) is 6.10 Å². The van der Waals surface area contributed by atoms with Crippen molar-refractivity contribution in [3.8, 4) is 0 Å². The lowest BCUT2D eigenvalue weighted by atomic mass is 10.4. The van der Waals surface area contributed by atoms with E-state index >= 15 is 0 Å². The van der Waals surface area contributed by atoms with Crippen LogP contribution >= 0.6 is 0 Å². The second-order valence-corrected chi connectivity index (χ2v) is 7.49. The second-order valence-electron chi connectivity index (χ2n) is 7.49. The highest BCUT2D eigenvalue weighted by atomic mass is 16.6. The van der Waals surface area contributed by atoms with E-state index < -0.39 is 6.10 Å². The summed E-state index contributed by atoms with van der Waals surface area (Å²) in [7, 11) is 0. The van der Waals surface area contributed by atoms with Gasteiger partial charge >= 0.3 is 0 Å². The summed E-state index contributed by atoms with van der Waals surface area (Å²) in [6.07, 6.45) is 1.12. The quantitative estimate of drug-likeness (QED) is 0.388. The number of nitrogens with zero attached hydrogens (tertiary/aromatic N) is 2. The van der Waals surface area contributed by atoms with Crippen LogP contribution in [-0.2, 0) is 42.7 Å². The van der Waals surface area contributed by atoms with Crippen molar-refractivity contribution in [3.05, 3.63) is 12.7 Å². The second kappa shape index (κ2) is 17.8. The van der Waals surface area contributed by atoms with Crippen molar-refractivity contribution >= 4 is 11.8 Å². The number of amides is 2. The Labute approximate surface area is 195 Å². The molecule has 3 saturated heterocycles. The third kappa shape index (κ3) is 12.4. The Hall–Kier alpha value is -1.60. The average Bonchev–Trinajstić information content (AvgIpc) is 2.81. The Morgan fingerprint density at radius 1 is 0.758 bits per heavy atom. The lowest BCUT2D eigenvalue weighted by molar-refractivity contribution is -0.147. The molecule has 2 amide bonds. The maximum Gasteiger partial charge on any atom is 0.248 e. The maximum absolute atomic E-state index is 12.8. The first kappa shape index (κ1) is 27.6. The third-order valence-corrected chi connectivity index (χ3v) is 4.98. The Morgan fingerprint density at radius 3 is 1.73 bits per heavy atom. The fourth-order valence-electron chi connectivity index (χ4n) is 3.14. The normalized spacial score (nSPS) is 24.4. The highest BCUT2D eigenvalue weighted by molar-refractivity contribution is 5.77. The van der Waals surface area contributed by atoms with Crippen LogP contribution in [-0.4, -0.2) is 140 Å². The summed E-state index contributed by atoms with van der Waals surface area (Å²) in [5, 5.41) is 0. The van der Waals surface area contributed by atoms with Crippen LogP contribution in [0.2, 0.25) is 0 Å². The molecule has 0 saturated carbocycles. The molecule has 33 heavy (non-hydrogen) atoms. The number of fused-ring (bicyclic) bond motifs is 21. The number of hydrogen-bond donors (Lipinski definition) is 0. The van der Waals surface area contributed by atoms with Gasteiger partial charge in [0.05, 0.1) is 72.7 Å². The summed E-state index contributed by atoms with van der Waals surface area (Å²) in [4.78, 5) is 28.8. The van der Waals surface area contributed by atoms with Crippen molar-refractivity contribution in [1.82, 2.24) is 9.80 Å². The zero-order valence-electron chi connectivity index (χ0n) is 19.5. The van der Waals surface area contributed by atoms with Crippen LogP contribution < -0.4 is 0 Å². The van der Waals surface area contributed by atoms with Gasteiger partial charge in [0.1, 0.15) is 19.3 Å². The average molecular weight is 475 g/mol. The molecular weight excluding hydrogens is 436 g/mol. The Kier molecular flexibility index (Phi) is 14.9. The van der Waals surface area contributed by atoms with Crippen molar-refractivity contribution in [2.75, 3.05) is 112 Å². The van der Waals surface area contributed by atoms with Gasteiger partial charge in [-0.15, -0.1) is 6.58 Å². The van der Waals surface area contributed by atoms with E-state index in [2.05, 4.69) is 6.58 Å². The number of carbonyl (C=O) groups is 2. The SMILES string of the molecule is C=CCOCC1COCC(=O)N2CCOCCOCCN(CCOCCOCC2)C(=O)CO1. The molecule has 2 bridgehead atoms. The van der Waals surface area contributed by atoms with Gasteiger partial charge in [0.15, 0.2) is 0 Å². The van der Waals surface area contributed by atoms with Crippen LogP contribution in [0.5, 0.6) is 0 Å². The molecule has 3 rings (SSSR count). The smallest absolute Gasteiger partial charge is 0.248 e. The molecule has 0 aromatic carbocycles. The molecule has 0 spiro atoms. The van der Waals surface area contributed by atoms with E-state index in [0.29, 0.717) is 85.6 Å². The predicted octanol–water partition coefficient (Wildman–Crippen LogP) is -0.658. The lowest BCUT2D eigenvalue weighted by Gasteiger charge is -2.26. The first-order valence-electron chi connectivity index (χ1n) is 11.4. The van der Waals surface area contributed by atoms with Crippen molar-refractivity contribution in [1.29, 1.82) is 0 Å². The molecule has 3 aliphatic rings. The van der Waals surface area contributed by atoms with E-state index in [4.69, 9.17) is 33.2 Å². The molecule has 0 radical (unpaired) electrons. The Morgan fingerprint density at radius 2 is 1.24 bits per heavy atom. The fourth-order valence-corrected chi connectivity index (χ4v) is 3.14. The summed E-state index contributed by atoms with van der Waals surface area (Å²) in [6.45, 7) is 8.83. The number of hydrogen-bond acceptors (Lipinski definition) is 9. The van der Waals surface area contributed by atoms with Crippen molar-refractivity contribution in [2.24, 2.45) is 0 Å². The topological polar surface area (TPSA) is 105 Å². The molecule has 3 fully saturated rings. The standard InChI is InChI=1S/C22H38N2O9/c1-2-7-31-16-20-17-32-18-21(25)23-3-8-27-12-14-29-10-5-24(22(26)19-33-20)6-11-30-15-13-28-9-4-23/h2,20H,1,3-19H2. The molecule has 0 aliphatic carbocycles. The van der Waals surface area contributed by atoms with E-state index in [1.54, 1.807) is 15.9 Å². The highest BCUT2D eigenvalue weighted by Crippen LogP contribution is 2.02. The Balaban J connectivity index is 2.09. The van der Waals surface area contributed by atoms with Crippen LogP contribution in [0.25, 0.3) is 0 Å². The van der Waals surface area contributed by atoms with Crippen molar-refractivity contribution in [3.63, 3.8) is 0 Å². The summed E-state index contributed by atoms with van der Waals surface area (Å²) in [5.41, 5.74) is 0. The van der Waals surface area contributed by atoms with Gasteiger partial charge in [-0.2, -0.15) is 0 Å². The van der Waals surface area contributed by atoms with Gasteiger partial charge in [0.2, 0.25) is 11.8 Å². The van der Waals surface area contributed by atoms with E-state index in [0.717, 1.165) is 0 Å². The molecule has 1 atom stereocenters. The fraction of sp³-hybridized carbons (Fsp3) is 0.818. The third-order valence-electron chi connectivity index (χ3n) is 4.98. The molecule has 190 valence electrons. The first-order valence-corrected chi connectivity index (χ1v) is 11.4. The number of carbonyl (C=O) groups excluding carboxylic acids is 2. The van der Waals surface area contributed by atoms with Crippen LogP contribution in [0.1, 0.15) is 0 Å². The summed E-state index contributed by atoms with van der Waals surface area (Å²) >= 11 is 0. The largest absolute Gasteiger partial charge is 0.377 e. The molecule has 1 unspecified atom stereocenters. The van der Waals surface area contributed by atoms with Gasteiger partial charge in [-0.1, -0.05) is 6.08 Å². The number of ether oxygens (including phenoxy) is 7. The summed E-state index contributed by atoms with van der Waals surface area (Å²) in [6, 6.07) is 0. The first-order chi connectivity index (χ1) is 16.2.